The lowest BCUT2D eigenvalue weighted by Crippen LogP contribution is -2.02. The molecule has 1 aromatic heterocycles. The van der Waals surface area contributed by atoms with Gasteiger partial charge < -0.3 is 0 Å². The van der Waals surface area contributed by atoms with E-state index in [-0.39, 0.29) is 0 Å². The third kappa shape index (κ3) is 2.58. The van der Waals surface area contributed by atoms with Gasteiger partial charge in [-0.1, -0.05) is 20.8 Å². The van der Waals surface area contributed by atoms with Gasteiger partial charge in [0.1, 0.15) is 0 Å². The minimum atomic E-state index is 0.699. The molecule has 0 unspecified atom stereocenters. The van der Waals surface area contributed by atoms with Crippen molar-refractivity contribution in [3.05, 3.63) is 17.5 Å². The molecule has 0 N–H and O–H groups in total. The SMILES string of the molecule is CCc1cc(CC(C)C)nn1CC. The maximum Gasteiger partial charge on any atom is 0.0630 e. The minimum absolute atomic E-state index is 0.699. The van der Waals surface area contributed by atoms with Gasteiger partial charge in [0.2, 0.25) is 0 Å². The van der Waals surface area contributed by atoms with Crippen molar-refractivity contribution in [3.63, 3.8) is 0 Å². The van der Waals surface area contributed by atoms with Crippen LogP contribution in [0.15, 0.2) is 6.07 Å². The van der Waals surface area contributed by atoms with Crippen LogP contribution in [0.1, 0.15) is 39.1 Å². The van der Waals surface area contributed by atoms with Crippen LogP contribution in [0.3, 0.4) is 0 Å². The normalized spacial score (nSPS) is 11.2. The second-order valence-corrected chi connectivity index (χ2v) is 3.89. The summed E-state index contributed by atoms with van der Waals surface area (Å²) in [5.41, 5.74) is 2.60. The monoisotopic (exact) mass is 180 g/mol. The van der Waals surface area contributed by atoms with E-state index in [4.69, 9.17) is 0 Å². The molecule has 0 radical (unpaired) electrons. The molecule has 0 amide bonds. The summed E-state index contributed by atoms with van der Waals surface area (Å²) in [7, 11) is 0. The van der Waals surface area contributed by atoms with Gasteiger partial charge in [0, 0.05) is 12.2 Å². The molecule has 1 rings (SSSR count). The van der Waals surface area contributed by atoms with Crippen LogP contribution in [-0.4, -0.2) is 9.78 Å². The van der Waals surface area contributed by atoms with E-state index in [1.54, 1.807) is 0 Å². The molecule has 0 fully saturated rings. The number of rotatable bonds is 4. The molecule has 0 atom stereocenters. The zero-order chi connectivity index (χ0) is 9.84. The second kappa shape index (κ2) is 4.45. The Hall–Kier alpha value is -0.790. The Morgan fingerprint density at radius 3 is 2.46 bits per heavy atom. The van der Waals surface area contributed by atoms with E-state index in [0.29, 0.717) is 5.92 Å². The molecule has 0 aliphatic rings. The van der Waals surface area contributed by atoms with Crippen molar-refractivity contribution >= 4 is 0 Å². The van der Waals surface area contributed by atoms with Crippen LogP contribution in [-0.2, 0) is 19.4 Å². The molecule has 1 aromatic rings. The smallest absolute Gasteiger partial charge is 0.0630 e. The highest BCUT2D eigenvalue weighted by Gasteiger charge is 2.05. The molecule has 0 bridgehead atoms. The molecule has 0 aliphatic heterocycles. The quantitative estimate of drug-likeness (QED) is 0.696. The molecule has 0 aromatic carbocycles. The largest absolute Gasteiger partial charge is 0.270 e. The lowest BCUT2D eigenvalue weighted by Gasteiger charge is -2.00. The first-order valence-corrected chi connectivity index (χ1v) is 5.23. The van der Waals surface area contributed by atoms with E-state index in [2.05, 4.69) is 43.5 Å². The summed E-state index contributed by atoms with van der Waals surface area (Å²) in [4.78, 5) is 0. The van der Waals surface area contributed by atoms with Crippen LogP contribution in [0.5, 0.6) is 0 Å². The first-order chi connectivity index (χ1) is 6.17. The van der Waals surface area contributed by atoms with Crippen molar-refractivity contribution in [3.8, 4) is 0 Å². The molecule has 2 heteroatoms. The standard InChI is InChI=1S/C11H20N2/c1-5-11-8-10(7-9(3)4)12-13(11)6-2/h8-9H,5-7H2,1-4H3. The molecule has 0 spiro atoms. The van der Waals surface area contributed by atoms with Crippen molar-refractivity contribution in [2.45, 2.75) is 47.1 Å². The summed E-state index contributed by atoms with van der Waals surface area (Å²) in [6, 6.07) is 2.24. The third-order valence-electron chi connectivity index (χ3n) is 2.19. The van der Waals surface area contributed by atoms with Gasteiger partial charge in [0.15, 0.2) is 0 Å². The lowest BCUT2D eigenvalue weighted by atomic mass is 10.1. The van der Waals surface area contributed by atoms with Gasteiger partial charge in [-0.2, -0.15) is 5.10 Å². The van der Waals surface area contributed by atoms with Crippen LogP contribution in [0.25, 0.3) is 0 Å². The molecule has 13 heavy (non-hydrogen) atoms. The highest BCUT2D eigenvalue weighted by atomic mass is 15.3. The van der Waals surface area contributed by atoms with Crippen LogP contribution in [0.2, 0.25) is 0 Å². The maximum absolute atomic E-state index is 4.56. The Kier molecular flexibility index (Phi) is 3.52. The fraction of sp³-hybridized carbons (Fsp3) is 0.727. The van der Waals surface area contributed by atoms with Gasteiger partial charge in [-0.3, -0.25) is 4.68 Å². The van der Waals surface area contributed by atoms with Crippen LogP contribution in [0.4, 0.5) is 0 Å². The number of nitrogens with zero attached hydrogens (tertiary/aromatic N) is 2. The topological polar surface area (TPSA) is 17.8 Å². The lowest BCUT2D eigenvalue weighted by molar-refractivity contribution is 0.588. The van der Waals surface area contributed by atoms with Crippen LogP contribution < -0.4 is 0 Å². The van der Waals surface area contributed by atoms with E-state index in [1.165, 1.54) is 11.4 Å². The van der Waals surface area contributed by atoms with Crippen molar-refractivity contribution in [1.82, 2.24) is 9.78 Å². The Bertz CT molecular complexity index is 240. The zero-order valence-electron chi connectivity index (χ0n) is 9.17. The average molecular weight is 180 g/mol. The number of hydrogen-bond acceptors (Lipinski definition) is 1. The molecule has 1 heterocycles. The van der Waals surface area contributed by atoms with Crippen LogP contribution in [0, 0.1) is 5.92 Å². The minimum Gasteiger partial charge on any atom is -0.270 e. The first kappa shape index (κ1) is 10.3. The van der Waals surface area contributed by atoms with Gasteiger partial charge in [-0.15, -0.1) is 0 Å². The fourth-order valence-electron chi connectivity index (χ4n) is 1.59. The predicted octanol–water partition coefficient (Wildman–Crippen LogP) is 2.66. The molecular formula is C11H20N2. The number of aromatic nitrogens is 2. The van der Waals surface area contributed by atoms with Gasteiger partial charge in [-0.25, -0.2) is 0 Å². The van der Waals surface area contributed by atoms with Crippen molar-refractivity contribution in [2.75, 3.05) is 0 Å². The van der Waals surface area contributed by atoms with Gasteiger partial charge in [0.05, 0.1) is 5.69 Å². The van der Waals surface area contributed by atoms with Crippen LogP contribution >= 0.6 is 0 Å². The fourth-order valence-corrected chi connectivity index (χ4v) is 1.59. The number of aryl methyl sites for hydroxylation is 2. The van der Waals surface area contributed by atoms with Gasteiger partial charge >= 0.3 is 0 Å². The molecule has 0 aliphatic carbocycles. The van der Waals surface area contributed by atoms with E-state index in [0.717, 1.165) is 19.4 Å². The third-order valence-corrected chi connectivity index (χ3v) is 2.19. The van der Waals surface area contributed by atoms with Gasteiger partial charge in [-0.05, 0) is 31.7 Å². The molecule has 0 saturated carbocycles. The van der Waals surface area contributed by atoms with Crippen molar-refractivity contribution in [2.24, 2.45) is 5.92 Å². The zero-order valence-corrected chi connectivity index (χ0v) is 9.17. The average Bonchev–Trinajstić information content (AvgIpc) is 2.45. The predicted molar refractivity (Wildman–Crippen MR) is 55.8 cm³/mol. The summed E-state index contributed by atoms with van der Waals surface area (Å²) >= 11 is 0. The highest BCUT2D eigenvalue weighted by molar-refractivity contribution is 5.10. The van der Waals surface area contributed by atoms with Crippen molar-refractivity contribution in [1.29, 1.82) is 0 Å². The second-order valence-electron chi connectivity index (χ2n) is 3.89. The van der Waals surface area contributed by atoms with E-state index in [9.17, 15) is 0 Å². The van der Waals surface area contributed by atoms with Gasteiger partial charge in [0.25, 0.3) is 0 Å². The first-order valence-electron chi connectivity index (χ1n) is 5.23. The molecule has 0 saturated heterocycles. The molecule has 74 valence electrons. The Labute approximate surface area is 81.0 Å². The van der Waals surface area contributed by atoms with Crippen molar-refractivity contribution < 1.29 is 0 Å². The maximum atomic E-state index is 4.56. The molecular weight excluding hydrogens is 160 g/mol. The van der Waals surface area contributed by atoms with E-state index < -0.39 is 0 Å². The highest BCUT2D eigenvalue weighted by Crippen LogP contribution is 2.10. The summed E-state index contributed by atoms with van der Waals surface area (Å²) in [5, 5.41) is 4.56. The summed E-state index contributed by atoms with van der Waals surface area (Å²) < 4.78 is 2.11. The summed E-state index contributed by atoms with van der Waals surface area (Å²) in [6.45, 7) is 9.78. The Morgan fingerprint density at radius 1 is 1.38 bits per heavy atom. The van der Waals surface area contributed by atoms with E-state index >= 15 is 0 Å². The Morgan fingerprint density at radius 2 is 2.08 bits per heavy atom. The van der Waals surface area contributed by atoms with E-state index in [1.807, 2.05) is 0 Å². The molecule has 2 nitrogen and oxygen atoms in total. The Balaban J connectivity index is 2.80. The number of hydrogen-bond donors (Lipinski definition) is 0. The summed E-state index contributed by atoms with van der Waals surface area (Å²) in [5.74, 6) is 0.699. The summed E-state index contributed by atoms with van der Waals surface area (Å²) in [6.07, 6.45) is 2.18.